The molecule has 4 rings (SSSR count). The van der Waals surface area contributed by atoms with Crippen LogP contribution in [0.5, 0.6) is 0 Å². The van der Waals surface area contributed by atoms with Crippen molar-refractivity contribution < 1.29 is 27.4 Å². The highest BCUT2D eigenvalue weighted by atomic mass is 19.4. The first-order valence-electron chi connectivity index (χ1n) is 10.1. The van der Waals surface area contributed by atoms with Gasteiger partial charge in [0.15, 0.2) is 5.60 Å². The SMILES string of the molecule is COC1(F)C=CC=CC1C1(CC(O)(CNc2cccc3ncccc23)C(F)(F)F)CC1. The quantitative estimate of drug-likeness (QED) is 0.589. The number of nitrogens with one attached hydrogen (secondary N) is 1. The molecular formula is C23H24F4N2O2. The van der Waals surface area contributed by atoms with Gasteiger partial charge in [0.1, 0.15) is 0 Å². The van der Waals surface area contributed by atoms with E-state index in [4.69, 9.17) is 4.74 Å². The second-order valence-corrected chi connectivity index (χ2v) is 8.42. The maximum Gasteiger partial charge on any atom is 0.418 e. The fourth-order valence-electron chi connectivity index (χ4n) is 4.52. The molecule has 166 valence electrons. The zero-order valence-corrected chi connectivity index (χ0v) is 17.0. The number of rotatable bonds is 7. The van der Waals surface area contributed by atoms with E-state index in [0.717, 1.165) is 0 Å². The molecule has 4 nitrogen and oxygen atoms in total. The first-order valence-corrected chi connectivity index (χ1v) is 10.1. The molecule has 1 aromatic heterocycles. The number of fused-ring (bicyclic) bond motifs is 1. The fraction of sp³-hybridized carbons (Fsp3) is 0.435. The zero-order chi connectivity index (χ0) is 22.3. The molecule has 1 fully saturated rings. The van der Waals surface area contributed by atoms with E-state index in [1.165, 1.54) is 25.3 Å². The van der Waals surface area contributed by atoms with Gasteiger partial charge in [0, 0.05) is 30.3 Å². The summed E-state index contributed by atoms with van der Waals surface area (Å²) in [5, 5.41) is 14.2. The number of aromatic nitrogens is 1. The standard InChI is InChI=1S/C23H24F4N2O2/c1-31-22(24)10-3-2-9-19(22)20(11-12-20)14-21(30,23(25,26)27)15-29-18-8-4-7-17-16(18)6-5-13-28-17/h2-10,13,19,29-30H,11-12,14-15H2,1H3. The third-order valence-electron chi connectivity index (χ3n) is 6.42. The predicted molar refractivity (Wildman–Crippen MR) is 110 cm³/mol. The Morgan fingerprint density at radius 2 is 1.97 bits per heavy atom. The number of hydrogen-bond donors (Lipinski definition) is 2. The molecule has 31 heavy (non-hydrogen) atoms. The van der Waals surface area contributed by atoms with Crippen molar-refractivity contribution in [3.63, 3.8) is 0 Å². The van der Waals surface area contributed by atoms with E-state index < -0.39 is 41.9 Å². The van der Waals surface area contributed by atoms with Crippen molar-refractivity contribution >= 4 is 16.6 Å². The van der Waals surface area contributed by atoms with Crippen molar-refractivity contribution in [3.05, 3.63) is 60.8 Å². The molecule has 2 aliphatic carbocycles. The molecule has 3 atom stereocenters. The Morgan fingerprint density at radius 3 is 2.65 bits per heavy atom. The Morgan fingerprint density at radius 1 is 1.19 bits per heavy atom. The van der Waals surface area contributed by atoms with Gasteiger partial charge in [-0.3, -0.25) is 4.98 Å². The molecule has 1 aromatic carbocycles. The monoisotopic (exact) mass is 436 g/mol. The summed E-state index contributed by atoms with van der Waals surface area (Å²) in [6, 6.07) is 8.51. The Balaban J connectivity index is 1.60. The van der Waals surface area contributed by atoms with Gasteiger partial charge in [-0.2, -0.15) is 13.2 Å². The third kappa shape index (κ3) is 3.94. The van der Waals surface area contributed by atoms with Crippen LogP contribution >= 0.6 is 0 Å². The van der Waals surface area contributed by atoms with E-state index in [1.54, 1.807) is 42.6 Å². The molecule has 1 saturated carbocycles. The van der Waals surface area contributed by atoms with Crippen LogP contribution in [0.2, 0.25) is 0 Å². The highest BCUT2D eigenvalue weighted by molar-refractivity contribution is 5.91. The average molecular weight is 436 g/mol. The van der Waals surface area contributed by atoms with Gasteiger partial charge in [-0.25, -0.2) is 4.39 Å². The average Bonchev–Trinajstić information content (AvgIpc) is 3.51. The van der Waals surface area contributed by atoms with Gasteiger partial charge in [0.25, 0.3) is 0 Å². The van der Waals surface area contributed by atoms with Crippen molar-refractivity contribution in [2.24, 2.45) is 11.3 Å². The lowest BCUT2D eigenvalue weighted by molar-refractivity contribution is -0.265. The number of hydrogen-bond acceptors (Lipinski definition) is 4. The van der Waals surface area contributed by atoms with Gasteiger partial charge in [-0.05, 0) is 55.0 Å². The van der Waals surface area contributed by atoms with Crippen molar-refractivity contribution in [2.45, 2.75) is 36.9 Å². The second kappa shape index (κ2) is 7.60. The number of anilines is 1. The van der Waals surface area contributed by atoms with Crippen LogP contribution in [-0.2, 0) is 4.74 Å². The van der Waals surface area contributed by atoms with Gasteiger partial charge in [-0.1, -0.05) is 24.3 Å². The summed E-state index contributed by atoms with van der Waals surface area (Å²) in [5.74, 6) is -3.11. The molecule has 0 amide bonds. The van der Waals surface area contributed by atoms with E-state index in [0.29, 0.717) is 29.4 Å². The third-order valence-corrected chi connectivity index (χ3v) is 6.42. The number of methoxy groups -OCH3 is 1. The van der Waals surface area contributed by atoms with Crippen LogP contribution in [0.3, 0.4) is 0 Å². The minimum absolute atomic E-state index is 0.376. The summed E-state index contributed by atoms with van der Waals surface area (Å²) in [4.78, 5) is 4.20. The molecule has 0 spiro atoms. The van der Waals surface area contributed by atoms with E-state index in [-0.39, 0.29) is 0 Å². The maximum atomic E-state index is 15.3. The number of pyridine rings is 1. The van der Waals surface area contributed by atoms with E-state index in [2.05, 4.69) is 10.3 Å². The van der Waals surface area contributed by atoms with Crippen LogP contribution in [0.4, 0.5) is 23.2 Å². The van der Waals surface area contributed by atoms with Crippen molar-refractivity contribution in [1.82, 2.24) is 4.98 Å². The summed E-state index contributed by atoms with van der Waals surface area (Å²) in [6.07, 6.45) is 2.65. The molecule has 0 saturated heterocycles. The maximum absolute atomic E-state index is 15.3. The van der Waals surface area contributed by atoms with Crippen molar-refractivity contribution in [2.75, 3.05) is 19.0 Å². The summed E-state index contributed by atoms with van der Waals surface area (Å²) in [5.41, 5.74) is -3.02. The van der Waals surface area contributed by atoms with Crippen molar-refractivity contribution in [1.29, 1.82) is 0 Å². The normalized spacial score (nSPS) is 26.6. The number of alkyl halides is 4. The van der Waals surface area contributed by atoms with Crippen LogP contribution < -0.4 is 5.32 Å². The number of nitrogens with zero attached hydrogens (tertiary/aromatic N) is 1. The molecule has 3 unspecified atom stereocenters. The van der Waals surface area contributed by atoms with Gasteiger partial charge in [0.2, 0.25) is 5.85 Å². The summed E-state index contributed by atoms with van der Waals surface area (Å²) in [7, 11) is 1.19. The number of benzene rings is 1. The Bertz CT molecular complexity index is 1010. The predicted octanol–water partition coefficient (Wildman–Crippen LogP) is 5.16. The molecule has 8 heteroatoms. The molecule has 1 heterocycles. The molecule has 2 aliphatic rings. The van der Waals surface area contributed by atoms with E-state index in [1.807, 2.05) is 0 Å². The molecule has 0 aliphatic heterocycles. The molecular weight excluding hydrogens is 412 g/mol. The topological polar surface area (TPSA) is 54.4 Å². The summed E-state index contributed by atoms with van der Waals surface area (Å²) >= 11 is 0. The zero-order valence-electron chi connectivity index (χ0n) is 17.0. The smallest absolute Gasteiger partial charge is 0.381 e. The summed E-state index contributed by atoms with van der Waals surface area (Å²) in [6.45, 7) is -0.759. The van der Waals surface area contributed by atoms with E-state index in [9.17, 15) is 18.3 Å². The minimum Gasteiger partial charge on any atom is -0.381 e. The van der Waals surface area contributed by atoms with Crippen LogP contribution in [-0.4, -0.2) is 41.4 Å². The molecule has 0 radical (unpaired) electrons. The van der Waals surface area contributed by atoms with Crippen LogP contribution in [0, 0.1) is 11.3 Å². The Labute approximate surface area is 177 Å². The first kappa shape index (κ1) is 21.8. The Kier molecular flexibility index (Phi) is 5.34. The second-order valence-electron chi connectivity index (χ2n) is 8.42. The number of halogens is 4. The van der Waals surface area contributed by atoms with Crippen molar-refractivity contribution in [3.8, 4) is 0 Å². The van der Waals surface area contributed by atoms with Gasteiger partial charge < -0.3 is 15.2 Å². The summed E-state index contributed by atoms with van der Waals surface area (Å²) < 4.78 is 62.4. The first-order chi connectivity index (χ1) is 14.6. The molecule has 0 bridgehead atoms. The fourth-order valence-corrected chi connectivity index (χ4v) is 4.52. The highest BCUT2D eigenvalue weighted by Gasteiger charge is 2.65. The number of allylic oxidation sites excluding steroid dienone is 2. The van der Waals surface area contributed by atoms with Crippen LogP contribution in [0.25, 0.3) is 10.9 Å². The minimum atomic E-state index is -4.90. The molecule has 2 aromatic rings. The van der Waals surface area contributed by atoms with Gasteiger partial charge in [-0.15, -0.1) is 0 Å². The largest absolute Gasteiger partial charge is 0.418 e. The number of ether oxygens (including phenoxy) is 1. The van der Waals surface area contributed by atoms with Crippen LogP contribution in [0.15, 0.2) is 60.8 Å². The Hall–Kier alpha value is -2.45. The number of aliphatic hydroxyl groups is 1. The van der Waals surface area contributed by atoms with Crippen LogP contribution in [0.1, 0.15) is 19.3 Å². The molecule has 2 N–H and O–H groups in total. The lowest BCUT2D eigenvalue weighted by Crippen LogP contribution is -2.54. The van der Waals surface area contributed by atoms with Gasteiger partial charge in [0.05, 0.1) is 12.1 Å². The van der Waals surface area contributed by atoms with E-state index >= 15 is 4.39 Å². The lowest BCUT2D eigenvalue weighted by atomic mass is 9.74. The lowest BCUT2D eigenvalue weighted by Gasteiger charge is -2.40. The highest BCUT2D eigenvalue weighted by Crippen LogP contribution is 2.63. The van der Waals surface area contributed by atoms with Gasteiger partial charge >= 0.3 is 6.18 Å².